The van der Waals surface area contributed by atoms with Gasteiger partial charge in [0.25, 0.3) is 5.56 Å². The number of imidazole rings is 1. The lowest BCUT2D eigenvalue weighted by Gasteiger charge is -2.36. The number of anilines is 1. The summed E-state index contributed by atoms with van der Waals surface area (Å²) in [6.07, 6.45) is 6.76. The third kappa shape index (κ3) is 3.62. The van der Waals surface area contributed by atoms with Crippen molar-refractivity contribution in [3.8, 4) is 0 Å². The highest BCUT2D eigenvalue weighted by atomic mass is 16.2. The van der Waals surface area contributed by atoms with Gasteiger partial charge in [0.2, 0.25) is 5.91 Å². The predicted octanol–water partition coefficient (Wildman–Crippen LogP) is 1.43. The summed E-state index contributed by atoms with van der Waals surface area (Å²) in [5.74, 6) is 0.576. The molecule has 29 heavy (non-hydrogen) atoms. The molecule has 5 rings (SSSR count). The molecule has 0 N–H and O–H groups in total. The van der Waals surface area contributed by atoms with Crippen molar-refractivity contribution in [3.63, 3.8) is 0 Å². The van der Waals surface area contributed by atoms with Crippen LogP contribution < -0.4 is 10.5 Å². The molecule has 3 aromatic rings. The number of amides is 1. The van der Waals surface area contributed by atoms with Gasteiger partial charge in [-0.2, -0.15) is 5.10 Å². The van der Waals surface area contributed by atoms with Gasteiger partial charge in [-0.25, -0.2) is 9.67 Å². The van der Waals surface area contributed by atoms with Crippen molar-refractivity contribution in [2.75, 3.05) is 31.1 Å². The Labute approximate surface area is 168 Å². The fourth-order valence-corrected chi connectivity index (χ4v) is 3.87. The first-order valence-corrected chi connectivity index (χ1v) is 10.1. The monoisotopic (exact) mass is 392 g/mol. The van der Waals surface area contributed by atoms with E-state index >= 15 is 0 Å². The first kappa shape index (κ1) is 17.9. The average molecular weight is 392 g/mol. The summed E-state index contributed by atoms with van der Waals surface area (Å²) in [5.41, 5.74) is 3.79. The minimum absolute atomic E-state index is 0.00848. The zero-order valence-electron chi connectivity index (χ0n) is 16.5. The molecule has 0 bridgehead atoms. The van der Waals surface area contributed by atoms with E-state index in [-0.39, 0.29) is 18.0 Å². The molecule has 1 aliphatic carbocycles. The maximum atomic E-state index is 12.6. The molecule has 0 spiro atoms. The van der Waals surface area contributed by atoms with Crippen LogP contribution >= 0.6 is 0 Å². The summed E-state index contributed by atoms with van der Waals surface area (Å²) in [6.45, 7) is 4.59. The van der Waals surface area contributed by atoms with Gasteiger partial charge >= 0.3 is 0 Å². The van der Waals surface area contributed by atoms with E-state index in [1.54, 1.807) is 6.07 Å². The summed E-state index contributed by atoms with van der Waals surface area (Å²) in [5, 5.41) is 4.16. The van der Waals surface area contributed by atoms with Crippen molar-refractivity contribution in [1.29, 1.82) is 0 Å². The van der Waals surface area contributed by atoms with Crippen LogP contribution in [0.15, 0.2) is 41.5 Å². The number of aryl methyl sites for hydroxylation is 1. The lowest BCUT2D eigenvalue weighted by molar-refractivity contribution is -0.132. The molecule has 1 saturated carbocycles. The van der Waals surface area contributed by atoms with Gasteiger partial charge in [0.15, 0.2) is 0 Å². The minimum atomic E-state index is -0.248. The van der Waals surface area contributed by atoms with E-state index in [9.17, 15) is 9.59 Å². The average Bonchev–Trinajstić information content (AvgIpc) is 3.49. The molecular formula is C21H24N6O2. The third-order valence-corrected chi connectivity index (χ3v) is 5.73. The number of carbonyl (C=O) groups excluding carboxylic acids is 1. The van der Waals surface area contributed by atoms with Gasteiger partial charge in [-0.05, 0) is 38.0 Å². The van der Waals surface area contributed by atoms with Crippen molar-refractivity contribution in [3.05, 3.63) is 58.4 Å². The fourth-order valence-electron chi connectivity index (χ4n) is 3.87. The van der Waals surface area contributed by atoms with Gasteiger partial charge in [-0.1, -0.05) is 0 Å². The van der Waals surface area contributed by atoms with Crippen molar-refractivity contribution in [2.24, 2.45) is 0 Å². The molecule has 1 saturated heterocycles. The van der Waals surface area contributed by atoms with E-state index in [1.807, 2.05) is 11.8 Å². The predicted molar refractivity (Wildman–Crippen MR) is 109 cm³/mol. The molecule has 0 aromatic carbocycles. The Balaban J connectivity index is 1.24. The van der Waals surface area contributed by atoms with Crippen molar-refractivity contribution in [2.45, 2.75) is 32.2 Å². The smallest absolute Gasteiger partial charge is 0.267 e. The maximum absolute atomic E-state index is 12.6. The Bertz CT molecular complexity index is 1120. The van der Waals surface area contributed by atoms with Crippen LogP contribution in [-0.4, -0.2) is 56.2 Å². The van der Waals surface area contributed by atoms with Crippen LogP contribution in [0, 0.1) is 6.92 Å². The van der Waals surface area contributed by atoms with Crippen LogP contribution in [0.3, 0.4) is 0 Å². The van der Waals surface area contributed by atoms with Gasteiger partial charge < -0.3 is 14.2 Å². The summed E-state index contributed by atoms with van der Waals surface area (Å²) >= 11 is 0. The van der Waals surface area contributed by atoms with E-state index in [1.165, 1.54) is 29.3 Å². The van der Waals surface area contributed by atoms with Crippen LogP contribution in [0.4, 0.5) is 5.69 Å². The number of rotatable bonds is 4. The van der Waals surface area contributed by atoms with Crippen LogP contribution in [0.25, 0.3) is 5.65 Å². The number of piperazine rings is 1. The van der Waals surface area contributed by atoms with Crippen LogP contribution in [0.1, 0.15) is 30.1 Å². The zero-order chi connectivity index (χ0) is 20.0. The summed E-state index contributed by atoms with van der Waals surface area (Å²) < 4.78 is 3.35. The lowest BCUT2D eigenvalue weighted by atomic mass is 10.2. The fraction of sp³-hybridized carbons (Fsp3) is 0.429. The standard InChI is InChI=1S/C21H24N6O2/c1-15-2-7-20(28)27(23-15)14-21(29)25-10-8-24(9-11-25)17-5-6-19-22-18(16-3-4-16)13-26(19)12-17/h2,5-7,12-13,16H,3-4,8-11,14H2,1H3. The Hall–Kier alpha value is -3.16. The number of hydrogen-bond donors (Lipinski definition) is 0. The Morgan fingerprint density at radius 2 is 1.86 bits per heavy atom. The van der Waals surface area contributed by atoms with Gasteiger partial charge in [0, 0.05) is 50.6 Å². The normalized spacial score (nSPS) is 17.1. The topological polar surface area (TPSA) is 75.7 Å². The van der Waals surface area contributed by atoms with Crippen molar-refractivity contribution in [1.82, 2.24) is 24.1 Å². The van der Waals surface area contributed by atoms with Crippen molar-refractivity contribution >= 4 is 17.2 Å². The van der Waals surface area contributed by atoms with E-state index in [0.29, 0.717) is 19.0 Å². The Kier molecular flexibility index (Phi) is 4.34. The first-order valence-electron chi connectivity index (χ1n) is 10.1. The molecule has 1 aliphatic heterocycles. The second-order valence-electron chi connectivity index (χ2n) is 7.93. The lowest BCUT2D eigenvalue weighted by Crippen LogP contribution is -2.50. The number of aromatic nitrogens is 4. The number of pyridine rings is 1. The molecule has 1 amide bonds. The van der Waals surface area contributed by atoms with E-state index in [2.05, 4.69) is 38.9 Å². The molecule has 2 fully saturated rings. The SMILES string of the molecule is Cc1ccc(=O)n(CC(=O)N2CCN(c3ccc4nc(C5CC5)cn4c3)CC2)n1. The van der Waals surface area contributed by atoms with Crippen LogP contribution in [0.2, 0.25) is 0 Å². The van der Waals surface area contributed by atoms with E-state index < -0.39 is 0 Å². The quantitative estimate of drug-likeness (QED) is 0.671. The molecule has 8 nitrogen and oxygen atoms in total. The number of carbonyl (C=O) groups is 1. The van der Waals surface area contributed by atoms with E-state index in [0.717, 1.165) is 30.1 Å². The second-order valence-corrected chi connectivity index (χ2v) is 7.93. The summed E-state index contributed by atoms with van der Waals surface area (Å²) in [4.78, 5) is 33.3. The highest BCUT2D eigenvalue weighted by Crippen LogP contribution is 2.39. The van der Waals surface area contributed by atoms with Crippen LogP contribution in [0.5, 0.6) is 0 Å². The highest BCUT2D eigenvalue weighted by Gasteiger charge is 2.26. The van der Waals surface area contributed by atoms with Gasteiger partial charge in [-0.15, -0.1) is 0 Å². The van der Waals surface area contributed by atoms with Crippen molar-refractivity contribution < 1.29 is 4.79 Å². The largest absolute Gasteiger partial charge is 0.367 e. The summed E-state index contributed by atoms with van der Waals surface area (Å²) in [7, 11) is 0. The maximum Gasteiger partial charge on any atom is 0.267 e. The molecule has 0 radical (unpaired) electrons. The summed E-state index contributed by atoms with van der Waals surface area (Å²) in [6, 6.07) is 7.28. The molecule has 8 heteroatoms. The molecule has 3 aromatic heterocycles. The number of nitrogens with zero attached hydrogens (tertiary/aromatic N) is 6. The first-order chi connectivity index (χ1) is 14.1. The van der Waals surface area contributed by atoms with Crippen LogP contribution in [-0.2, 0) is 11.3 Å². The molecule has 0 unspecified atom stereocenters. The zero-order valence-corrected chi connectivity index (χ0v) is 16.5. The van der Waals surface area contributed by atoms with E-state index in [4.69, 9.17) is 4.98 Å². The minimum Gasteiger partial charge on any atom is -0.367 e. The molecule has 4 heterocycles. The van der Waals surface area contributed by atoms with Gasteiger partial charge in [0.05, 0.1) is 17.1 Å². The molecule has 150 valence electrons. The molecular weight excluding hydrogens is 368 g/mol. The third-order valence-electron chi connectivity index (χ3n) is 5.73. The molecule has 0 atom stereocenters. The van der Waals surface area contributed by atoms with Gasteiger partial charge in [-0.3, -0.25) is 9.59 Å². The highest BCUT2D eigenvalue weighted by molar-refractivity contribution is 5.76. The number of hydrogen-bond acceptors (Lipinski definition) is 5. The Morgan fingerprint density at radius 3 is 2.62 bits per heavy atom. The second kappa shape index (κ2) is 7.02. The Morgan fingerprint density at radius 1 is 1.07 bits per heavy atom. The van der Waals surface area contributed by atoms with Gasteiger partial charge in [0.1, 0.15) is 12.2 Å². The molecule has 2 aliphatic rings. The number of fused-ring (bicyclic) bond motifs is 1.